The highest BCUT2D eigenvalue weighted by Gasteiger charge is 2.31. The van der Waals surface area contributed by atoms with E-state index in [1.807, 2.05) is 6.92 Å². The number of aliphatic hydroxyl groups is 1. The third kappa shape index (κ3) is 3.02. The molecule has 2 aliphatic rings. The number of likely N-dealkylation sites (tertiary alicyclic amines) is 1. The second-order valence-corrected chi connectivity index (χ2v) is 5.09. The van der Waals surface area contributed by atoms with Crippen LogP contribution in [-0.4, -0.2) is 41.5 Å². The van der Waals surface area contributed by atoms with Crippen molar-refractivity contribution in [3.05, 3.63) is 0 Å². The molecule has 0 amide bonds. The standard InChI is InChI=1S/C12H21NO2/c1-9(14)10-4-6-13(7-5-10)8-12(15)11-2-3-11/h9-11,14H,2-8H2,1H3. The van der Waals surface area contributed by atoms with Crippen molar-refractivity contribution in [3.8, 4) is 0 Å². The molecular weight excluding hydrogens is 190 g/mol. The van der Waals surface area contributed by atoms with Crippen LogP contribution >= 0.6 is 0 Å². The second kappa shape index (κ2) is 4.62. The van der Waals surface area contributed by atoms with Crippen LogP contribution in [0.4, 0.5) is 0 Å². The lowest BCUT2D eigenvalue weighted by Crippen LogP contribution is -2.40. The molecule has 3 nitrogen and oxygen atoms in total. The molecule has 86 valence electrons. The Morgan fingerprint density at radius 1 is 1.33 bits per heavy atom. The van der Waals surface area contributed by atoms with Crippen molar-refractivity contribution in [1.82, 2.24) is 4.90 Å². The van der Waals surface area contributed by atoms with Crippen molar-refractivity contribution in [2.75, 3.05) is 19.6 Å². The first-order valence-electron chi connectivity index (χ1n) is 6.10. The maximum absolute atomic E-state index is 11.6. The van der Waals surface area contributed by atoms with Gasteiger partial charge in [0, 0.05) is 5.92 Å². The van der Waals surface area contributed by atoms with Gasteiger partial charge in [-0.3, -0.25) is 9.69 Å². The van der Waals surface area contributed by atoms with Crippen LogP contribution in [0.3, 0.4) is 0 Å². The number of aliphatic hydroxyl groups excluding tert-OH is 1. The zero-order valence-electron chi connectivity index (χ0n) is 9.48. The van der Waals surface area contributed by atoms with Crippen molar-refractivity contribution in [3.63, 3.8) is 0 Å². The molecule has 1 aliphatic heterocycles. The van der Waals surface area contributed by atoms with Crippen molar-refractivity contribution >= 4 is 5.78 Å². The third-order valence-electron chi connectivity index (χ3n) is 3.73. The van der Waals surface area contributed by atoms with Gasteiger partial charge in [-0.1, -0.05) is 0 Å². The molecule has 2 rings (SSSR count). The summed E-state index contributed by atoms with van der Waals surface area (Å²) in [5, 5.41) is 9.46. The molecule has 0 radical (unpaired) electrons. The Hall–Kier alpha value is -0.410. The second-order valence-electron chi connectivity index (χ2n) is 5.09. The highest BCUT2D eigenvalue weighted by Crippen LogP contribution is 2.30. The van der Waals surface area contributed by atoms with Gasteiger partial charge in [-0.25, -0.2) is 0 Å². The molecule has 3 heteroatoms. The average molecular weight is 211 g/mol. The lowest BCUT2D eigenvalue weighted by Gasteiger charge is -2.32. The smallest absolute Gasteiger partial charge is 0.149 e. The van der Waals surface area contributed by atoms with E-state index in [1.165, 1.54) is 0 Å². The zero-order valence-corrected chi connectivity index (χ0v) is 9.48. The van der Waals surface area contributed by atoms with Crippen LogP contribution in [0.1, 0.15) is 32.6 Å². The third-order valence-corrected chi connectivity index (χ3v) is 3.73. The van der Waals surface area contributed by atoms with Crippen LogP contribution in [0, 0.1) is 11.8 Å². The number of carbonyl (C=O) groups is 1. The lowest BCUT2D eigenvalue weighted by molar-refractivity contribution is -0.121. The molecule has 2 fully saturated rings. The molecule has 0 bridgehead atoms. The highest BCUT2D eigenvalue weighted by atomic mass is 16.3. The highest BCUT2D eigenvalue weighted by molar-refractivity contribution is 5.84. The Bertz CT molecular complexity index is 228. The monoisotopic (exact) mass is 211 g/mol. The molecule has 1 atom stereocenters. The van der Waals surface area contributed by atoms with Gasteiger partial charge >= 0.3 is 0 Å². The molecule has 0 aromatic rings. The Morgan fingerprint density at radius 2 is 1.93 bits per heavy atom. The number of Topliss-reactive ketones (excluding diaryl/α,β-unsaturated/α-hetero) is 1. The first kappa shape index (κ1) is 11.1. The van der Waals surface area contributed by atoms with E-state index in [-0.39, 0.29) is 6.10 Å². The van der Waals surface area contributed by atoms with Crippen molar-refractivity contribution in [2.24, 2.45) is 11.8 Å². The molecule has 1 heterocycles. The summed E-state index contributed by atoms with van der Waals surface area (Å²) < 4.78 is 0. The number of piperidine rings is 1. The van der Waals surface area contributed by atoms with E-state index in [4.69, 9.17) is 0 Å². The minimum Gasteiger partial charge on any atom is -0.393 e. The van der Waals surface area contributed by atoms with Crippen LogP contribution < -0.4 is 0 Å². The van der Waals surface area contributed by atoms with Crippen LogP contribution in [0.15, 0.2) is 0 Å². The van der Waals surface area contributed by atoms with Gasteiger partial charge in [0.1, 0.15) is 5.78 Å². The van der Waals surface area contributed by atoms with E-state index in [0.717, 1.165) is 38.8 Å². The fourth-order valence-electron chi connectivity index (χ4n) is 2.35. The Morgan fingerprint density at radius 3 is 2.40 bits per heavy atom. The van der Waals surface area contributed by atoms with Gasteiger partial charge in [0.15, 0.2) is 0 Å². The SMILES string of the molecule is CC(O)C1CCN(CC(=O)C2CC2)CC1. The quantitative estimate of drug-likeness (QED) is 0.756. The van der Waals surface area contributed by atoms with E-state index in [2.05, 4.69) is 4.90 Å². The summed E-state index contributed by atoms with van der Waals surface area (Å²) in [4.78, 5) is 13.8. The van der Waals surface area contributed by atoms with Gasteiger partial charge < -0.3 is 5.11 Å². The summed E-state index contributed by atoms with van der Waals surface area (Å²) in [7, 11) is 0. The van der Waals surface area contributed by atoms with E-state index >= 15 is 0 Å². The molecule has 15 heavy (non-hydrogen) atoms. The molecular formula is C12H21NO2. The summed E-state index contributed by atoms with van der Waals surface area (Å²) in [6.07, 6.45) is 4.11. The molecule has 1 saturated heterocycles. The predicted octanol–water partition coefficient (Wildman–Crippen LogP) is 1.06. The summed E-state index contributed by atoms with van der Waals surface area (Å²) in [5.41, 5.74) is 0. The number of nitrogens with zero attached hydrogens (tertiary/aromatic N) is 1. The Labute approximate surface area is 91.5 Å². The maximum Gasteiger partial charge on any atom is 0.149 e. The Balaban J connectivity index is 1.70. The summed E-state index contributed by atoms with van der Waals surface area (Å²) in [6.45, 7) is 4.48. The van der Waals surface area contributed by atoms with E-state index < -0.39 is 0 Å². The normalized spacial score (nSPS) is 26.5. The fourth-order valence-corrected chi connectivity index (χ4v) is 2.35. The van der Waals surface area contributed by atoms with Crippen molar-refractivity contribution < 1.29 is 9.90 Å². The number of ketones is 1. The summed E-state index contributed by atoms with van der Waals surface area (Å²) in [6, 6.07) is 0. The molecule has 0 aromatic carbocycles. The minimum atomic E-state index is -0.189. The van der Waals surface area contributed by atoms with Crippen molar-refractivity contribution in [2.45, 2.75) is 38.7 Å². The average Bonchev–Trinajstić information content (AvgIpc) is 3.01. The molecule has 0 spiro atoms. The van der Waals surface area contributed by atoms with Gasteiger partial charge in [-0.15, -0.1) is 0 Å². The predicted molar refractivity (Wildman–Crippen MR) is 58.6 cm³/mol. The lowest BCUT2D eigenvalue weighted by atomic mass is 9.92. The zero-order chi connectivity index (χ0) is 10.8. The molecule has 1 unspecified atom stereocenters. The molecule has 1 aliphatic carbocycles. The number of rotatable bonds is 4. The Kier molecular flexibility index (Phi) is 3.42. The van der Waals surface area contributed by atoms with Gasteiger partial charge in [-0.05, 0) is 51.6 Å². The number of carbonyl (C=O) groups excluding carboxylic acids is 1. The molecule has 1 saturated carbocycles. The topological polar surface area (TPSA) is 40.5 Å². The number of hydrogen-bond acceptors (Lipinski definition) is 3. The number of hydrogen-bond donors (Lipinski definition) is 1. The van der Waals surface area contributed by atoms with E-state index in [9.17, 15) is 9.90 Å². The maximum atomic E-state index is 11.6. The largest absolute Gasteiger partial charge is 0.393 e. The van der Waals surface area contributed by atoms with Gasteiger partial charge in [-0.2, -0.15) is 0 Å². The van der Waals surface area contributed by atoms with Crippen molar-refractivity contribution in [1.29, 1.82) is 0 Å². The van der Waals surface area contributed by atoms with E-state index in [0.29, 0.717) is 24.2 Å². The molecule has 0 aromatic heterocycles. The van der Waals surface area contributed by atoms with E-state index in [1.54, 1.807) is 0 Å². The molecule has 1 N–H and O–H groups in total. The van der Waals surface area contributed by atoms with Crippen LogP contribution in [0.25, 0.3) is 0 Å². The summed E-state index contributed by atoms with van der Waals surface area (Å²) in [5.74, 6) is 1.27. The first-order chi connectivity index (χ1) is 7.16. The van der Waals surface area contributed by atoms with Crippen LogP contribution in [0.5, 0.6) is 0 Å². The summed E-state index contributed by atoms with van der Waals surface area (Å²) >= 11 is 0. The van der Waals surface area contributed by atoms with Gasteiger partial charge in [0.05, 0.1) is 12.6 Å². The van der Waals surface area contributed by atoms with Crippen LogP contribution in [0.2, 0.25) is 0 Å². The van der Waals surface area contributed by atoms with Gasteiger partial charge in [0.25, 0.3) is 0 Å². The minimum absolute atomic E-state index is 0.189. The van der Waals surface area contributed by atoms with Gasteiger partial charge in [0.2, 0.25) is 0 Å². The first-order valence-corrected chi connectivity index (χ1v) is 6.10. The van der Waals surface area contributed by atoms with Crippen LogP contribution in [-0.2, 0) is 4.79 Å². The fraction of sp³-hybridized carbons (Fsp3) is 0.917.